The molecule has 0 saturated carbocycles. The van der Waals surface area contributed by atoms with Crippen molar-refractivity contribution in [3.05, 3.63) is 76.9 Å². The molecule has 5 rings (SSSR count). The maximum Gasteiger partial charge on any atom is 0.319 e. The summed E-state index contributed by atoms with van der Waals surface area (Å²) in [6.07, 6.45) is 8.01. The van der Waals surface area contributed by atoms with Crippen molar-refractivity contribution in [1.82, 2.24) is 14.8 Å². The average Bonchev–Trinajstić information content (AvgIpc) is 3.02. The third kappa shape index (κ3) is 7.36. The van der Waals surface area contributed by atoms with Crippen LogP contribution in [-0.2, 0) is 5.41 Å². The highest BCUT2D eigenvalue weighted by molar-refractivity contribution is 7.99. The van der Waals surface area contributed by atoms with Gasteiger partial charge in [0.25, 0.3) is 0 Å². The van der Waals surface area contributed by atoms with Crippen LogP contribution in [0.5, 0.6) is 11.5 Å². The van der Waals surface area contributed by atoms with Gasteiger partial charge in [0.2, 0.25) is 0 Å². The molecule has 1 saturated heterocycles. The molecule has 3 aromatic rings. The van der Waals surface area contributed by atoms with Gasteiger partial charge in [-0.2, -0.15) is 0 Å². The molecule has 2 amide bonds. The number of likely N-dealkylation sites (tertiary alicyclic amines) is 1. The Balaban J connectivity index is 1.33. The standard InChI is InChI=1S/C35H47N7O3S/c1-35(2,3)22-19-27(32(44-5)28(20-22)40-46-6)39-34(43)38-26-15-16-30(25-12-8-7-11-24(25)26)45-23-14-17-31(36)42(21-23)33(37)29-13-9-10-18-41(29)4/h7-8,11-12,14,17,19-21,26,29-30,36-37,40H,9-10,13,15-16,18H2,1-6H3,(H2,38,39,43)/t26?,29-,30?/m0/s1. The van der Waals surface area contributed by atoms with Crippen LogP contribution in [0.15, 0.2) is 54.7 Å². The van der Waals surface area contributed by atoms with Gasteiger partial charge in [-0.25, -0.2) is 4.79 Å². The van der Waals surface area contributed by atoms with Gasteiger partial charge in [-0.05, 0) is 85.6 Å². The number of aromatic nitrogens is 1. The molecule has 1 aliphatic heterocycles. The van der Waals surface area contributed by atoms with Crippen LogP contribution in [0.2, 0.25) is 0 Å². The summed E-state index contributed by atoms with van der Waals surface area (Å²) in [6, 6.07) is 15.1. The van der Waals surface area contributed by atoms with E-state index in [-0.39, 0.29) is 35.1 Å². The second-order valence-corrected chi connectivity index (χ2v) is 13.7. The van der Waals surface area contributed by atoms with E-state index >= 15 is 0 Å². The lowest BCUT2D eigenvalue weighted by molar-refractivity contribution is 0.171. The fourth-order valence-corrected chi connectivity index (χ4v) is 6.77. The number of hydrogen-bond donors (Lipinski definition) is 5. The molecule has 0 radical (unpaired) electrons. The highest BCUT2D eigenvalue weighted by Gasteiger charge is 2.31. The predicted molar refractivity (Wildman–Crippen MR) is 186 cm³/mol. The monoisotopic (exact) mass is 645 g/mol. The Morgan fingerprint density at radius 3 is 2.46 bits per heavy atom. The summed E-state index contributed by atoms with van der Waals surface area (Å²) in [6.45, 7) is 7.37. The molecule has 3 atom stereocenters. The van der Waals surface area contributed by atoms with Crippen molar-refractivity contribution in [3.8, 4) is 11.5 Å². The van der Waals surface area contributed by atoms with Crippen LogP contribution >= 0.6 is 11.9 Å². The van der Waals surface area contributed by atoms with Crippen LogP contribution in [0, 0.1) is 10.8 Å². The van der Waals surface area contributed by atoms with Gasteiger partial charge >= 0.3 is 6.03 Å². The number of piperidine rings is 1. The molecule has 11 heteroatoms. The first-order valence-corrected chi connectivity index (χ1v) is 17.1. The molecule has 1 aliphatic carbocycles. The van der Waals surface area contributed by atoms with Crippen molar-refractivity contribution in [2.45, 2.75) is 76.5 Å². The molecule has 5 N–H and O–H groups in total. The number of nitrogens with one attached hydrogen (secondary N) is 5. The molecule has 0 spiro atoms. The SMILES string of the molecule is COc1c(NSC)cc(C(C)(C)C)cc1NC(=O)NC1CCC(Oc2ccc(=N)n(C(=N)[C@@H]3CCCCN3C)c2)c2ccccc21. The van der Waals surface area contributed by atoms with E-state index in [0.29, 0.717) is 35.9 Å². The van der Waals surface area contributed by atoms with Crippen LogP contribution in [0.3, 0.4) is 0 Å². The van der Waals surface area contributed by atoms with Crippen molar-refractivity contribution in [2.24, 2.45) is 0 Å². The minimum Gasteiger partial charge on any atom is -0.492 e. The lowest BCUT2D eigenvalue weighted by atomic mass is 9.85. The largest absolute Gasteiger partial charge is 0.492 e. The molecule has 246 valence electrons. The van der Waals surface area contributed by atoms with Crippen molar-refractivity contribution in [2.75, 3.05) is 37.0 Å². The first-order valence-electron chi connectivity index (χ1n) is 15.9. The third-order valence-corrected chi connectivity index (χ3v) is 9.33. The van der Waals surface area contributed by atoms with Gasteiger partial charge < -0.3 is 24.8 Å². The zero-order valence-corrected chi connectivity index (χ0v) is 28.5. The smallest absolute Gasteiger partial charge is 0.319 e. The number of ether oxygens (including phenoxy) is 2. The number of methoxy groups -OCH3 is 1. The Labute approximate surface area is 276 Å². The van der Waals surface area contributed by atoms with E-state index in [0.717, 1.165) is 48.2 Å². The van der Waals surface area contributed by atoms with E-state index < -0.39 is 0 Å². The van der Waals surface area contributed by atoms with Crippen molar-refractivity contribution >= 4 is 35.2 Å². The van der Waals surface area contributed by atoms with Gasteiger partial charge in [0, 0.05) is 6.26 Å². The maximum absolute atomic E-state index is 13.5. The van der Waals surface area contributed by atoms with E-state index in [1.54, 1.807) is 30.0 Å². The number of carbonyl (C=O) groups is 1. The van der Waals surface area contributed by atoms with Crippen LogP contribution in [-0.4, -0.2) is 54.3 Å². The van der Waals surface area contributed by atoms with Crippen molar-refractivity contribution < 1.29 is 14.3 Å². The van der Waals surface area contributed by atoms with E-state index in [1.807, 2.05) is 43.6 Å². The summed E-state index contributed by atoms with van der Waals surface area (Å²) < 4.78 is 17.2. The van der Waals surface area contributed by atoms with Gasteiger partial charge in [0.15, 0.2) is 5.75 Å². The Bertz CT molecular complexity index is 1630. The Morgan fingerprint density at radius 2 is 1.76 bits per heavy atom. The van der Waals surface area contributed by atoms with E-state index in [9.17, 15) is 4.79 Å². The number of pyridine rings is 1. The zero-order valence-electron chi connectivity index (χ0n) is 27.7. The highest BCUT2D eigenvalue weighted by Crippen LogP contribution is 2.41. The quantitative estimate of drug-likeness (QED) is 0.102. The second-order valence-electron chi connectivity index (χ2n) is 13.1. The summed E-state index contributed by atoms with van der Waals surface area (Å²) in [4.78, 5) is 15.7. The third-order valence-electron chi connectivity index (χ3n) is 8.91. The number of hydrogen-bond acceptors (Lipinski definition) is 8. The molecule has 10 nitrogen and oxygen atoms in total. The number of nitrogens with zero attached hydrogens (tertiary/aromatic N) is 2. The van der Waals surface area contributed by atoms with Crippen molar-refractivity contribution in [3.63, 3.8) is 0 Å². The van der Waals surface area contributed by atoms with Gasteiger partial charge in [-0.3, -0.25) is 20.3 Å². The number of benzene rings is 2. The predicted octanol–water partition coefficient (Wildman–Crippen LogP) is 7.05. The minimum absolute atomic E-state index is 0.0178. The summed E-state index contributed by atoms with van der Waals surface area (Å²) >= 11 is 1.47. The number of amides is 2. The molecule has 1 aromatic heterocycles. The summed E-state index contributed by atoms with van der Waals surface area (Å²) in [5.41, 5.74) is 4.64. The number of anilines is 2. The van der Waals surface area contributed by atoms with E-state index in [2.05, 4.69) is 47.1 Å². The molecule has 1 fully saturated rings. The molecule has 2 heterocycles. The molecule has 2 unspecified atom stereocenters. The van der Waals surface area contributed by atoms with Gasteiger partial charge in [-0.15, -0.1) is 0 Å². The van der Waals surface area contributed by atoms with Gasteiger partial charge in [-0.1, -0.05) is 63.4 Å². The van der Waals surface area contributed by atoms with Gasteiger partial charge in [0.1, 0.15) is 23.2 Å². The summed E-state index contributed by atoms with van der Waals surface area (Å²) in [5, 5.41) is 23.6. The maximum atomic E-state index is 13.5. The number of fused-ring (bicyclic) bond motifs is 1. The number of likely N-dealkylation sites (N-methyl/N-ethyl adjacent to an activating group) is 1. The molecular formula is C35H47N7O3S. The fourth-order valence-electron chi connectivity index (χ4n) is 6.40. The zero-order chi connectivity index (χ0) is 33.0. The lowest BCUT2D eigenvalue weighted by Gasteiger charge is -2.34. The van der Waals surface area contributed by atoms with E-state index in [1.165, 1.54) is 11.9 Å². The number of rotatable bonds is 8. The highest BCUT2D eigenvalue weighted by atomic mass is 32.2. The number of carbonyl (C=O) groups excluding carboxylic acids is 1. The Morgan fingerprint density at radius 1 is 1.02 bits per heavy atom. The normalized spacial score (nSPS) is 19.9. The van der Waals surface area contributed by atoms with Gasteiger partial charge in [0.05, 0.1) is 36.8 Å². The van der Waals surface area contributed by atoms with Crippen LogP contribution < -0.4 is 30.3 Å². The molecule has 0 bridgehead atoms. The summed E-state index contributed by atoms with van der Waals surface area (Å²) in [7, 11) is 3.65. The Kier molecular flexibility index (Phi) is 10.3. The molecule has 2 aromatic carbocycles. The van der Waals surface area contributed by atoms with Crippen LogP contribution in [0.4, 0.5) is 16.2 Å². The first-order chi connectivity index (χ1) is 22.0. The molecular weight excluding hydrogens is 598 g/mol. The second kappa shape index (κ2) is 14.2. The topological polar surface area (TPSA) is 127 Å². The van der Waals surface area contributed by atoms with E-state index in [4.69, 9.17) is 20.3 Å². The lowest BCUT2D eigenvalue weighted by Crippen LogP contribution is -2.46. The Hall–Kier alpha value is -3.96. The number of urea groups is 1. The summed E-state index contributed by atoms with van der Waals surface area (Å²) in [5.74, 6) is 1.59. The molecule has 2 aliphatic rings. The molecule has 46 heavy (non-hydrogen) atoms. The minimum atomic E-state index is -0.308. The van der Waals surface area contributed by atoms with Crippen LogP contribution in [0.1, 0.15) is 81.7 Å². The van der Waals surface area contributed by atoms with Crippen molar-refractivity contribution in [1.29, 1.82) is 10.8 Å². The van der Waals surface area contributed by atoms with Crippen LogP contribution in [0.25, 0.3) is 0 Å². The average molecular weight is 646 g/mol. The first kappa shape index (κ1) is 33.4. The fraction of sp³-hybridized carbons (Fsp3) is 0.457.